The molecular weight excluding hydrogens is 366 g/mol. The zero-order valence-electron chi connectivity index (χ0n) is 16.1. The Morgan fingerprint density at radius 1 is 0.897 bits per heavy atom. The van der Waals surface area contributed by atoms with E-state index in [0.29, 0.717) is 5.75 Å². The van der Waals surface area contributed by atoms with Crippen LogP contribution in [0.4, 0.5) is 5.69 Å². The Morgan fingerprint density at radius 3 is 2.14 bits per heavy atom. The van der Waals surface area contributed by atoms with Gasteiger partial charge >= 0.3 is 0 Å². The quantitative estimate of drug-likeness (QED) is 0.624. The molecule has 5 nitrogen and oxygen atoms in total. The van der Waals surface area contributed by atoms with Crippen molar-refractivity contribution in [2.75, 3.05) is 18.6 Å². The van der Waals surface area contributed by atoms with Crippen molar-refractivity contribution < 1.29 is 19.4 Å². The van der Waals surface area contributed by atoms with Crippen LogP contribution in [0.1, 0.15) is 11.6 Å². The molecule has 0 aromatic heterocycles. The molecule has 1 aliphatic heterocycles. The summed E-state index contributed by atoms with van der Waals surface area (Å²) in [5.74, 6) is 0.725. The third-order valence-electron chi connectivity index (χ3n) is 5.21. The lowest BCUT2D eigenvalue weighted by Gasteiger charge is -2.49. The molecule has 0 aliphatic carbocycles. The van der Waals surface area contributed by atoms with E-state index in [2.05, 4.69) is 0 Å². The molecule has 0 saturated carbocycles. The van der Waals surface area contributed by atoms with Crippen LogP contribution in [0.15, 0.2) is 84.9 Å². The highest BCUT2D eigenvalue weighted by Gasteiger charge is 2.52. The first-order valence-corrected chi connectivity index (χ1v) is 9.57. The van der Waals surface area contributed by atoms with Gasteiger partial charge in [0.2, 0.25) is 5.91 Å². The lowest BCUT2D eigenvalue weighted by Crippen LogP contribution is -2.60. The number of ether oxygens (including phenoxy) is 2. The van der Waals surface area contributed by atoms with Crippen molar-refractivity contribution >= 4 is 11.6 Å². The molecule has 0 radical (unpaired) electrons. The van der Waals surface area contributed by atoms with Crippen molar-refractivity contribution in [3.05, 3.63) is 90.5 Å². The fourth-order valence-electron chi connectivity index (χ4n) is 3.72. The van der Waals surface area contributed by atoms with Crippen molar-refractivity contribution in [2.24, 2.45) is 5.92 Å². The van der Waals surface area contributed by atoms with E-state index in [-0.39, 0.29) is 18.6 Å². The monoisotopic (exact) mass is 389 g/mol. The molecule has 5 heteroatoms. The zero-order valence-corrected chi connectivity index (χ0v) is 16.1. The first kappa shape index (κ1) is 19.0. The number of benzene rings is 3. The van der Waals surface area contributed by atoms with Gasteiger partial charge in [-0.3, -0.25) is 4.79 Å². The lowest BCUT2D eigenvalue weighted by atomic mass is 9.78. The number of para-hydroxylation sites is 2. The van der Waals surface area contributed by atoms with E-state index in [1.54, 1.807) is 12.0 Å². The highest BCUT2D eigenvalue weighted by Crippen LogP contribution is 2.45. The maximum Gasteiger partial charge on any atom is 0.235 e. The smallest absolute Gasteiger partial charge is 0.235 e. The predicted molar refractivity (Wildman–Crippen MR) is 111 cm³/mol. The number of amides is 1. The average molecular weight is 389 g/mol. The Kier molecular flexibility index (Phi) is 5.49. The molecule has 0 unspecified atom stereocenters. The number of methoxy groups -OCH3 is 1. The molecule has 148 valence electrons. The molecule has 29 heavy (non-hydrogen) atoms. The summed E-state index contributed by atoms with van der Waals surface area (Å²) in [7, 11) is 1.62. The molecule has 3 atom stereocenters. The maximum absolute atomic E-state index is 13.0. The molecule has 1 N–H and O–H groups in total. The number of aliphatic hydroxyl groups excluding tert-OH is 1. The Bertz CT molecular complexity index is 944. The molecule has 1 fully saturated rings. The second kappa shape index (κ2) is 8.37. The van der Waals surface area contributed by atoms with Crippen LogP contribution in [0.25, 0.3) is 0 Å². The van der Waals surface area contributed by atoms with Crippen LogP contribution in [0.5, 0.6) is 11.5 Å². The summed E-state index contributed by atoms with van der Waals surface area (Å²) in [4.78, 5) is 14.7. The van der Waals surface area contributed by atoms with Gasteiger partial charge in [-0.25, -0.2) is 0 Å². The number of nitrogens with zero attached hydrogens (tertiary/aromatic N) is 1. The van der Waals surface area contributed by atoms with Crippen molar-refractivity contribution in [3.8, 4) is 11.5 Å². The van der Waals surface area contributed by atoms with Crippen molar-refractivity contribution in [1.82, 2.24) is 0 Å². The summed E-state index contributed by atoms with van der Waals surface area (Å²) in [5.41, 5.74) is 1.75. The van der Waals surface area contributed by atoms with E-state index in [9.17, 15) is 9.90 Å². The second-order valence-corrected chi connectivity index (χ2v) is 6.98. The summed E-state index contributed by atoms with van der Waals surface area (Å²) in [6.45, 7) is 0.0513. The molecule has 4 rings (SSSR count). The van der Waals surface area contributed by atoms with Crippen molar-refractivity contribution in [1.29, 1.82) is 0 Å². The van der Waals surface area contributed by atoms with Crippen LogP contribution in [0.2, 0.25) is 0 Å². The van der Waals surface area contributed by atoms with E-state index in [4.69, 9.17) is 9.47 Å². The minimum atomic E-state index is -0.922. The molecular formula is C24H23NO4. The molecule has 0 bridgehead atoms. The van der Waals surface area contributed by atoms with Crippen LogP contribution in [-0.4, -0.2) is 30.8 Å². The zero-order chi connectivity index (χ0) is 20.2. The van der Waals surface area contributed by atoms with Crippen molar-refractivity contribution in [2.45, 2.75) is 12.1 Å². The number of aliphatic hydroxyl groups is 1. The highest BCUT2D eigenvalue weighted by atomic mass is 16.5. The van der Waals surface area contributed by atoms with Gasteiger partial charge < -0.3 is 19.5 Å². The molecule has 1 aliphatic rings. The molecule has 0 spiro atoms. The summed E-state index contributed by atoms with van der Waals surface area (Å²) in [5, 5.41) is 10.8. The van der Waals surface area contributed by atoms with Gasteiger partial charge in [-0.15, -0.1) is 0 Å². The van der Waals surface area contributed by atoms with Crippen LogP contribution in [0.3, 0.4) is 0 Å². The Balaban J connectivity index is 1.58. The van der Waals surface area contributed by atoms with Crippen LogP contribution in [0, 0.1) is 5.92 Å². The Morgan fingerprint density at radius 2 is 1.52 bits per heavy atom. The second-order valence-electron chi connectivity index (χ2n) is 6.98. The summed E-state index contributed by atoms with van der Waals surface area (Å²) < 4.78 is 10.9. The van der Waals surface area contributed by atoms with Gasteiger partial charge in [-0.1, -0.05) is 48.5 Å². The summed E-state index contributed by atoms with van der Waals surface area (Å²) >= 11 is 0. The number of carbonyl (C=O) groups is 1. The maximum atomic E-state index is 13.0. The number of hydrogen-bond acceptors (Lipinski definition) is 4. The first-order valence-electron chi connectivity index (χ1n) is 9.57. The standard InChI is InChI=1S/C24H23NO4/c1-28-19-14-12-17(13-15-19)23-22(21(26)16-29-20-10-6-3-7-11-20)24(27)25(23)18-8-4-2-5-9-18/h2-15,21-23,26H,16H2,1H3/t21-,22-,23-/m1/s1. The topological polar surface area (TPSA) is 59.0 Å². The van der Waals surface area contributed by atoms with Gasteiger partial charge in [0.25, 0.3) is 0 Å². The minimum absolute atomic E-state index is 0.0513. The third kappa shape index (κ3) is 3.82. The number of rotatable bonds is 7. The normalized spacial score (nSPS) is 19.4. The third-order valence-corrected chi connectivity index (χ3v) is 5.21. The fourth-order valence-corrected chi connectivity index (χ4v) is 3.72. The molecule has 3 aromatic rings. The van der Waals surface area contributed by atoms with Crippen LogP contribution < -0.4 is 14.4 Å². The first-order chi connectivity index (χ1) is 14.2. The van der Waals surface area contributed by atoms with E-state index in [0.717, 1.165) is 17.0 Å². The SMILES string of the molecule is COc1ccc([C@@H]2[C@@H]([C@H](O)COc3ccccc3)C(=O)N2c2ccccc2)cc1. The van der Waals surface area contributed by atoms with E-state index in [1.807, 2.05) is 84.9 Å². The van der Waals surface area contributed by atoms with E-state index in [1.165, 1.54) is 0 Å². The number of anilines is 1. The fraction of sp³-hybridized carbons (Fsp3) is 0.208. The molecule has 3 aromatic carbocycles. The summed E-state index contributed by atoms with van der Waals surface area (Å²) in [6, 6.07) is 26.1. The highest BCUT2D eigenvalue weighted by molar-refractivity contribution is 6.03. The minimum Gasteiger partial charge on any atom is -0.497 e. The van der Waals surface area contributed by atoms with Gasteiger partial charge in [0.05, 0.1) is 19.1 Å². The van der Waals surface area contributed by atoms with Gasteiger partial charge in [-0.05, 0) is 42.0 Å². The predicted octanol–water partition coefficient (Wildman–Crippen LogP) is 3.84. The van der Waals surface area contributed by atoms with Gasteiger partial charge in [-0.2, -0.15) is 0 Å². The van der Waals surface area contributed by atoms with E-state index < -0.39 is 12.0 Å². The van der Waals surface area contributed by atoms with Crippen LogP contribution >= 0.6 is 0 Å². The number of carbonyl (C=O) groups excluding carboxylic acids is 1. The Labute approximate surface area is 170 Å². The van der Waals surface area contributed by atoms with E-state index >= 15 is 0 Å². The average Bonchev–Trinajstić information content (AvgIpc) is 2.77. The van der Waals surface area contributed by atoms with Gasteiger partial charge in [0.15, 0.2) is 0 Å². The molecule has 1 amide bonds. The number of β-lactam (4-membered cyclic amide) rings is 1. The van der Waals surface area contributed by atoms with Gasteiger partial charge in [0.1, 0.15) is 24.2 Å². The van der Waals surface area contributed by atoms with Crippen LogP contribution in [-0.2, 0) is 4.79 Å². The van der Waals surface area contributed by atoms with Gasteiger partial charge in [0, 0.05) is 5.69 Å². The largest absolute Gasteiger partial charge is 0.497 e. The number of hydrogen-bond donors (Lipinski definition) is 1. The lowest BCUT2D eigenvalue weighted by molar-refractivity contribution is -0.137. The molecule has 1 saturated heterocycles. The Hall–Kier alpha value is -3.31. The van der Waals surface area contributed by atoms with Crippen molar-refractivity contribution in [3.63, 3.8) is 0 Å². The molecule has 1 heterocycles. The summed E-state index contributed by atoms with van der Waals surface area (Å²) in [6.07, 6.45) is -0.922.